The van der Waals surface area contributed by atoms with E-state index in [2.05, 4.69) is 114 Å². The Morgan fingerprint density at radius 1 is 0.500 bits per heavy atom. The van der Waals surface area contributed by atoms with E-state index in [0.717, 1.165) is 57.2 Å². The topological polar surface area (TPSA) is 63.2 Å². The smallest absolute Gasteiger partial charge is 0.147 e. The van der Waals surface area contributed by atoms with Gasteiger partial charge in [0, 0.05) is 0 Å². The van der Waals surface area contributed by atoms with Crippen LogP contribution in [0.25, 0.3) is 45.6 Å². The van der Waals surface area contributed by atoms with Gasteiger partial charge in [-0.15, -0.1) is 24.8 Å². The van der Waals surface area contributed by atoms with Gasteiger partial charge in [0.05, 0.1) is 0 Å². The molecule has 2 unspecified atom stereocenters. The van der Waals surface area contributed by atoms with Gasteiger partial charge in [0.15, 0.2) is 0 Å². The average Bonchev–Trinajstić information content (AvgIpc) is 4.01. The summed E-state index contributed by atoms with van der Waals surface area (Å²) < 4.78 is 36.9. The summed E-state index contributed by atoms with van der Waals surface area (Å²) in [5.41, 5.74) is 16.8. The van der Waals surface area contributed by atoms with Crippen molar-refractivity contribution in [1.29, 1.82) is 0 Å². The fourth-order valence-electron chi connectivity index (χ4n) is 9.19. The zero-order valence-corrected chi connectivity index (χ0v) is 41.6. The second-order valence-electron chi connectivity index (χ2n) is 15.9. The number of rotatable bonds is 10. The van der Waals surface area contributed by atoms with Crippen LogP contribution in [0.3, 0.4) is 0 Å². The average molecular weight is 941 g/mol. The van der Waals surface area contributed by atoms with Gasteiger partial charge in [0.1, 0.15) is 0 Å². The molecule has 2 atom stereocenters. The molecule has 8 rings (SSSR count). The van der Waals surface area contributed by atoms with E-state index in [-0.39, 0.29) is 32.1 Å². The number of hydrogen-bond acceptors (Lipinski definition) is 6. The van der Waals surface area contributed by atoms with Gasteiger partial charge >= 0.3 is 353 Å². The number of aryl methyl sites for hydroxylation is 4. The molecule has 2 aliphatic rings. The Labute approximate surface area is 375 Å². The molecule has 6 aromatic rings. The number of fused-ring (bicyclic) bond motifs is 2. The molecule has 0 saturated carbocycles. The van der Waals surface area contributed by atoms with E-state index in [1.807, 2.05) is 26.0 Å². The summed E-state index contributed by atoms with van der Waals surface area (Å²) >= 11 is -2.83. The first kappa shape index (κ1) is 45.3. The molecule has 0 amide bonds. The molecule has 2 aliphatic carbocycles. The molecule has 6 nitrogen and oxygen atoms in total. The molecular weight excluding hydrogens is 887 g/mol. The van der Waals surface area contributed by atoms with Gasteiger partial charge in [0.2, 0.25) is 0 Å². The molecule has 0 fully saturated rings. The van der Waals surface area contributed by atoms with Gasteiger partial charge in [-0.05, 0) is 0 Å². The molecule has 0 bridgehead atoms. The van der Waals surface area contributed by atoms with E-state index in [4.69, 9.17) is 27.8 Å². The zero-order chi connectivity index (χ0) is 41.2. The van der Waals surface area contributed by atoms with E-state index in [0.29, 0.717) is 0 Å². The third-order valence-electron chi connectivity index (χ3n) is 12.2. The maximum atomic E-state index is 6.62. The Kier molecular flexibility index (Phi) is 13.6. The summed E-state index contributed by atoms with van der Waals surface area (Å²) in [4.78, 5) is 0. The van der Waals surface area contributed by atoms with Gasteiger partial charge in [-0.1, -0.05) is 0 Å². The van der Waals surface area contributed by atoms with Gasteiger partial charge in [-0.2, -0.15) is 0 Å². The number of allylic oxidation sites excluding steroid dienone is 2. The van der Waals surface area contributed by atoms with Crippen LogP contribution < -0.4 is 18.9 Å². The van der Waals surface area contributed by atoms with Crippen molar-refractivity contribution in [2.75, 3.05) is 28.4 Å². The van der Waals surface area contributed by atoms with Crippen molar-refractivity contribution >= 4 is 53.5 Å². The Bertz CT molecular complexity index is 2510. The predicted molar refractivity (Wildman–Crippen MR) is 249 cm³/mol. The van der Waals surface area contributed by atoms with Crippen LogP contribution in [-0.4, -0.2) is 33.9 Å². The largest absolute Gasteiger partial charge is 0.147 e. The van der Waals surface area contributed by atoms with Crippen LogP contribution in [0, 0.1) is 41.5 Å². The van der Waals surface area contributed by atoms with Crippen LogP contribution in [0.2, 0.25) is 13.1 Å². The SMILES string of the molecule is COc1cc(OC)cc(-c2c(C)c(C)cc3c2C=C(c2ccc(C)o2)[CH]3[Zr]([CH]2C(c3ccc(C)o3)=Cc3c2cc(C)c(C)c3-c2cc(OC)cc(OC)c2)=[Si](C)C)c1.Cl.Cl. The van der Waals surface area contributed by atoms with E-state index in [1.54, 1.807) is 28.4 Å². The van der Waals surface area contributed by atoms with Crippen LogP contribution in [0.4, 0.5) is 0 Å². The first-order chi connectivity index (χ1) is 27.8. The first-order valence-corrected chi connectivity index (χ1v) is 28.9. The van der Waals surface area contributed by atoms with Crippen LogP contribution in [0.15, 0.2) is 81.6 Å². The standard InChI is InChI=1S/2C24H23O3.C2H6Si.2ClH.Zr/c2*1-14-8-17-9-18(23-7-6-15(2)27-23)12-22(17)24(16(14)3)19-10-20(25-4)13-21(11-19)26-5;1-3-2;;;/h2*6-13H,1-5H3;1-2H3;2*1H;. The molecule has 60 heavy (non-hydrogen) atoms. The number of hydrogen-bond donors (Lipinski definition) is 0. The van der Waals surface area contributed by atoms with Crippen molar-refractivity contribution in [3.8, 4) is 45.3 Å². The minimum absolute atomic E-state index is 0. The minimum atomic E-state index is -2.83. The molecule has 0 radical (unpaired) electrons. The molecule has 0 spiro atoms. The second kappa shape index (κ2) is 18.0. The molecule has 312 valence electrons. The molecule has 0 N–H and O–H groups in total. The Hall–Kier alpha value is -4.20. The van der Waals surface area contributed by atoms with Crippen LogP contribution >= 0.6 is 24.8 Å². The summed E-state index contributed by atoms with van der Waals surface area (Å²) in [5, 5.41) is 0. The maximum absolute atomic E-state index is 6.62. The van der Waals surface area contributed by atoms with Gasteiger partial charge in [0.25, 0.3) is 0 Å². The zero-order valence-electron chi connectivity index (χ0n) is 36.5. The van der Waals surface area contributed by atoms with Crippen molar-refractivity contribution in [3.05, 3.63) is 140 Å². The fourth-order valence-corrected chi connectivity index (χ4v) is 28.9. The quantitative estimate of drug-likeness (QED) is 0.128. The molecule has 2 heterocycles. The van der Waals surface area contributed by atoms with Crippen LogP contribution in [0.1, 0.15) is 74.8 Å². The normalized spacial score (nSPS) is 14.9. The number of ether oxygens (including phenoxy) is 4. The molecular formula is C50H54Cl2O6SiZr. The fraction of sp³-hybridized carbons (Fsp3) is 0.280. The number of halogens is 2. The van der Waals surface area contributed by atoms with Crippen LogP contribution in [0.5, 0.6) is 23.0 Å². The molecule has 0 saturated heterocycles. The van der Waals surface area contributed by atoms with Crippen molar-refractivity contribution in [2.45, 2.75) is 61.9 Å². The van der Waals surface area contributed by atoms with E-state index < -0.39 is 25.8 Å². The summed E-state index contributed by atoms with van der Waals surface area (Å²) in [6.07, 6.45) is 4.92. The Morgan fingerprint density at radius 2 is 0.850 bits per heavy atom. The summed E-state index contributed by atoms with van der Waals surface area (Å²) in [5.74, 6) is 6.86. The maximum Gasteiger partial charge on any atom is -0.147 e. The Balaban J connectivity index is 0.00000302. The first-order valence-electron chi connectivity index (χ1n) is 19.8. The predicted octanol–water partition coefficient (Wildman–Crippen LogP) is 13.7. The monoisotopic (exact) mass is 938 g/mol. The van der Waals surface area contributed by atoms with Crippen molar-refractivity contribution < 1.29 is 48.1 Å². The van der Waals surface area contributed by atoms with Crippen LogP contribution in [-0.2, 0) is 20.4 Å². The summed E-state index contributed by atoms with van der Waals surface area (Å²) in [7, 11) is 6.87. The molecule has 10 heteroatoms. The van der Waals surface area contributed by atoms with Crippen molar-refractivity contribution in [3.63, 3.8) is 0 Å². The third-order valence-corrected chi connectivity index (χ3v) is 31.4. The summed E-state index contributed by atoms with van der Waals surface area (Å²) in [6, 6.07) is 26.0. The number of furan rings is 2. The molecule has 2 aromatic heterocycles. The molecule has 4 aromatic carbocycles. The third kappa shape index (κ3) is 7.90. The van der Waals surface area contributed by atoms with Gasteiger partial charge < -0.3 is 0 Å². The van der Waals surface area contributed by atoms with Crippen molar-refractivity contribution in [2.24, 2.45) is 0 Å². The van der Waals surface area contributed by atoms with E-state index in [1.165, 1.54) is 66.8 Å². The minimum Gasteiger partial charge on any atom is -0.147 e. The second-order valence-corrected chi connectivity index (χ2v) is 33.8. The van der Waals surface area contributed by atoms with Gasteiger partial charge in [-0.3, -0.25) is 0 Å². The van der Waals surface area contributed by atoms with Gasteiger partial charge in [-0.25, -0.2) is 0 Å². The Morgan fingerprint density at radius 3 is 1.13 bits per heavy atom. The molecule has 0 aliphatic heterocycles. The van der Waals surface area contributed by atoms with Crippen molar-refractivity contribution in [1.82, 2.24) is 0 Å². The number of benzene rings is 4. The van der Waals surface area contributed by atoms with E-state index in [9.17, 15) is 0 Å². The van der Waals surface area contributed by atoms with E-state index >= 15 is 0 Å². The number of methoxy groups -OCH3 is 4. The summed E-state index contributed by atoms with van der Waals surface area (Å²) in [6.45, 7) is 18.2.